The van der Waals surface area contributed by atoms with E-state index in [4.69, 9.17) is 10.5 Å². The average Bonchev–Trinajstić information content (AvgIpc) is 3.12. The molecule has 1 aliphatic rings. The summed E-state index contributed by atoms with van der Waals surface area (Å²) in [5.74, 6) is -0.248. The minimum Gasteiger partial charge on any atom is -0.481 e. The van der Waals surface area contributed by atoms with Gasteiger partial charge in [0, 0.05) is 23.7 Å². The number of hydrogen-bond acceptors (Lipinski definition) is 3. The monoisotopic (exact) mass is 266 g/mol. The van der Waals surface area contributed by atoms with E-state index in [1.54, 1.807) is 26.0 Å². The predicted molar refractivity (Wildman–Crippen MR) is 70.3 cm³/mol. The van der Waals surface area contributed by atoms with Gasteiger partial charge < -0.3 is 15.8 Å². The van der Waals surface area contributed by atoms with Crippen LogP contribution in [0, 0.1) is 5.82 Å². The van der Waals surface area contributed by atoms with E-state index in [9.17, 15) is 9.18 Å². The van der Waals surface area contributed by atoms with Crippen LogP contribution in [0.25, 0.3) is 0 Å². The lowest BCUT2D eigenvalue weighted by atomic mass is 10.1. The molecular weight excluding hydrogens is 247 g/mol. The van der Waals surface area contributed by atoms with Crippen molar-refractivity contribution < 1.29 is 13.9 Å². The standard InChI is InChI=1S/C14H19FN2O2/c1-8(16)12-6-5-11(7-13(12)15)19-9(2)14(18)17-10-3-4-10/h5-10H,3-4,16H2,1-2H3,(H,17,18). The summed E-state index contributed by atoms with van der Waals surface area (Å²) >= 11 is 0. The van der Waals surface area contributed by atoms with Gasteiger partial charge in [-0.1, -0.05) is 6.07 Å². The van der Waals surface area contributed by atoms with Gasteiger partial charge in [0.2, 0.25) is 0 Å². The number of ether oxygens (including phenoxy) is 1. The van der Waals surface area contributed by atoms with E-state index in [-0.39, 0.29) is 18.0 Å². The third-order valence-corrected chi connectivity index (χ3v) is 3.07. The first-order chi connectivity index (χ1) is 8.97. The third-order valence-electron chi connectivity index (χ3n) is 3.07. The number of benzene rings is 1. The summed E-state index contributed by atoms with van der Waals surface area (Å²) < 4.78 is 19.1. The van der Waals surface area contributed by atoms with Gasteiger partial charge in [-0.3, -0.25) is 4.79 Å². The Bertz CT molecular complexity index is 473. The quantitative estimate of drug-likeness (QED) is 0.855. The molecular formula is C14H19FN2O2. The second-order valence-corrected chi connectivity index (χ2v) is 5.01. The van der Waals surface area contributed by atoms with Crippen molar-refractivity contribution >= 4 is 5.91 Å². The van der Waals surface area contributed by atoms with Gasteiger partial charge in [0.15, 0.2) is 6.10 Å². The zero-order valence-electron chi connectivity index (χ0n) is 11.2. The lowest BCUT2D eigenvalue weighted by Crippen LogP contribution is -2.37. The molecule has 0 bridgehead atoms. The first-order valence-corrected chi connectivity index (χ1v) is 6.49. The highest BCUT2D eigenvalue weighted by atomic mass is 19.1. The maximum Gasteiger partial charge on any atom is 0.260 e. The SMILES string of the molecule is CC(Oc1ccc(C(C)N)c(F)c1)C(=O)NC1CC1. The van der Waals surface area contributed by atoms with Crippen molar-refractivity contribution in [3.05, 3.63) is 29.6 Å². The smallest absolute Gasteiger partial charge is 0.260 e. The van der Waals surface area contributed by atoms with Crippen LogP contribution in [0.2, 0.25) is 0 Å². The fourth-order valence-corrected chi connectivity index (χ4v) is 1.75. The molecule has 1 aromatic carbocycles. The molecule has 0 radical (unpaired) electrons. The van der Waals surface area contributed by atoms with E-state index in [0.717, 1.165) is 12.8 Å². The Morgan fingerprint density at radius 2 is 2.16 bits per heavy atom. The molecule has 2 atom stereocenters. The zero-order chi connectivity index (χ0) is 14.0. The van der Waals surface area contributed by atoms with Crippen LogP contribution >= 0.6 is 0 Å². The van der Waals surface area contributed by atoms with Crippen molar-refractivity contribution in [1.82, 2.24) is 5.32 Å². The van der Waals surface area contributed by atoms with Gasteiger partial charge in [-0.05, 0) is 32.8 Å². The molecule has 104 valence electrons. The Morgan fingerprint density at radius 3 is 2.68 bits per heavy atom. The van der Waals surface area contributed by atoms with Crippen LogP contribution in [0.15, 0.2) is 18.2 Å². The molecule has 2 rings (SSSR count). The fraction of sp³-hybridized carbons (Fsp3) is 0.500. The molecule has 1 amide bonds. The van der Waals surface area contributed by atoms with Crippen molar-refractivity contribution in [2.24, 2.45) is 5.73 Å². The van der Waals surface area contributed by atoms with Crippen molar-refractivity contribution in [3.63, 3.8) is 0 Å². The summed E-state index contributed by atoms with van der Waals surface area (Å²) in [4.78, 5) is 11.7. The van der Waals surface area contributed by atoms with Gasteiger partial charge >= 0.3 is 0 Å². The van der Waals surface area contributed by atoms with Crippen LogP contribution in [-0.2, 0) is 4.79 Å². The summed E-state index contributed by atoms with van der Waals surface area (Å²) in [6.45, 7) is 3.36. The summed E-state index contributed by atoms with van der Waals surface area (Å²) in [6, 6.07) is 4.39. The van der Waals surface area contributed by atoms with E-state index in [1.165, 1.54) is 6.07 Å². The molecule has 0 spiro atoms. The molecule has 1 aliphatic carbocycles. The Labute approximate surface area is 112 Å². The highest BCUT2D eigenvalue weighted by Crippen LogP contribution is 2.22. The Morgan fingerprint density at radius 1 is 1.47 bits per heavy atom. The van der Waals surface area contributed by atoms with Crippen LogP contribution in [0.3, 0.4) is 0 Å². The lowest BCUT2D eigenvalue weighted by molar-refractivity contribution is -0.127. The minimum absolute atomic E-state index is 0.167. The second kappa shape index (κ2) is 5.57. The van der Waals surface area contributed by atoms with Crippen molar-refractivity contribution in [2.75, 3.05) is 0 Å². The van der Waals surface area contributed by atoms with E-state index in [2.05, 4.69) is 5.32 Å². The Hall–Kier alpha value is -1.62. The van der Waals surface area contributed by atoms with Gasteiger partial charge in [0.1, 0.15) is 11.6 Å². The van der Waals surface area contributed by atoms with Gasteiger partial charge in [-0.2, -0.15) is 0 Å². The van der Waals surface area contributed by atoms with Gasteiger partial charge in [0.25, 0.3) is 5.91 Å². The molecule has 1 fully saturated rings. The van der Waals surface area contributed by atoms with Crippen molar-refractivity contribution in [2.45, 2.75) is 44.9 Å². The highest BCUT2D eigenvalue weighted by Gasteiger charge is 2.26. The molecule has 0 aliphatic heterocycles. The fourth-order valence-electron chi connectivity index (χ4n) is 1.75. The highest BCUT2D eigenvalue weighted by molar-refractivity contribution is 5.81. The topological polar surface area (TPSA) is 64.3 Å². The summed E-state index contributed by atoms with van der Waals surface area (Å²) in [7, 11) is 0. The number of amides is 1. The summed E-state index contributed by atoms with van der Waals surface area (Å²) in [5, 5.41) is 2.84. The molecule has 4 nitrogen and oxygen atoms in total. The van der Waals surface area contributed by atoms with E-state index in [0.29, 0.717) is 11.3 Å². The van der Waals surface area contributed by atoms with Crippen LogP contribution in [0.5, 0.6) is 5.75 Å². The number of halogens is 1. The molecule has 5 heteroatoms. The normalized spacial score (nSPS) is 17.7. The first-order valence-electron chi connectivity index (χ1n) is 6.49. The van der Waals surface area contributed by atoms with Crippen LogP contribution in [-0.4, -0.2) is 18.1 Å². The van der Waals surface area contributed by atoms with E-state index < -0.39 is 11.9 Å². The van der Waals surface area contributed by atoms with Crippen molar-refractivity contribution in [3.8, 4) is 5.75 Å². The van der Waals surface area contributed by atoms with Gasteiger partial charge in [-0.15, -0.1) is 0 Å². The number of rotatable bonds is 5. The van der Waals surface area contributed by atoms with E-state index >= 15 is 0 Å². The molecule has 3 N–H and O–H groups in total. The number of nitrogens with one attached hydrogen (secondary N) is 1. The largest absolute Gasteiger partial charge is 0.481 e. The average molecular weight is 266 g/mol. The van der Waals surface area contributed by atoms with Gasteiger partial charge in [-0.25, -0.2) is 4.39 Å². The molecule has 19 heavy (non-hydrogen) atoms. The Kier molecular flexibility index (Phi) is 4.04. The maximum absolute atomic E-state index is 13.7. The summed E-state index contributed by atoms with van der Waals surface area (Å²) in [5.41, 5.74) is 6.06. The number of hydrogen-bond donors (Lipinski definition) is 2. The summed E-state index contributed by atoms with van der Waals surface area (Å²) in [6.07, 6.45) is 1.41. The zero-order valence-corrected chi connectivity index (χ0v) is 11.2. The van der Waals surface area contributed by atoms with Crippen LogP contribution in [0.4, 0.5) is 4.39 Å². The number of nitrogens with two attached hydrogens (primary N) is 1. The van der Waals surface area contributed by atoms with Crippen molar-refractivity contribution in [1.29, 1.82) is 0 Å². The predicted octanol–water partition coefficient (Wildman–Crippen LogP) is 1.89. The van der Waals surface area contributed by atoms with Gasteiger partial charge in [0.05, 0.1) is 0 Å². The third kappa shape index (κ3) is 3.67. The van der Waals surface area contributed by atoms with E-state index in [1.807, 2.05) is 0 Å². The molecule has 1 saturated carbocycles. The molecule has 2 unspecified atom stereocenters. The minimum atomic E-state index is -0.638. The Balaban J connectivity index is 1.98. The first kappa shape index (κ1) is 13.8. The molecule has 0 saturated heterocycles. The number of carbonyl (C=O) groups excluding carboxylic acids is 1. The number of carbonyl (C=O) groups is 1. The molecule has 0 aromatic heterocycles. The molecule has 0 heterocycles. The molecule has 1 aromatic rings. The lowest BCUT2D eigenvalue weighted by Gasteiger charge is -2.15. The van der Waals surface area contributed by atoms with Crippen LogP contribution in [0.1, 0.15) is 38.3 Å². The maximum atomic E-state index is 13.7. The van der Waals surface area contributed by atoms with Crippen LogP contribution < -0.4 is 15.8 Å². The second-order valence-electron chi connectivity index (χ2n) is 5.01.